The summed E-state index contributed by atoms with van der Waals surface area (Å²) in [6.07, 6.45) is 11.0. The number of carboxylic acid groups (broad SMARTS) is 6. The fourth-order valence-electron chi connectivity index (χ4n) is 8.79. The normalized spacial score (nSPS) is 29.2. The number of aliphatic carboxylic acids is 6. The first-order valence-electron chi connectivity index (χ1n) is 23.5. The molecule has 0 radical (unpaired) electrons. The first-order chi connectivity index (χ1) is 35.0. The third-order valence-electron chi connectivity index (χ3n) is 12.3. The number of aliphatic hydroxyl groups is 2. The van der Waals surface area contributed by atoms with Gasteiger partial charge in [0.1, 0.15) is 49.3 Å². The zero-order valence-corrected chi connectivity index (χ0v) is 41.3. The molecule has 15 atom stereocenters. The van der Waals surface area contributed by atoms with Gasteiger partial charge in [0.2, 0.25) is 0 Å². The van der Waals surface area contributed by atoms with Crippen LogP contribution < -0.4 is 0 Å². The maximum Gasteiger partial charge on any atom is 0.310 e. The molecule has 0 spiro atoms. The number of hydrogen-bond acceptors (Lipinski definition) is 19. The maximum atomic E-state index is 11.8. The van der Waals surface area contributed by atoms with Crippen molar-refractivity contribution in [3.05, 3.63) is 48.6 Å². The van der Waals surface area contributed by atoms with Gasteiger partial charge in [-0.15, -0.1) is 0 Å². The first kappa shape index (κ1) is 65.0. The summed E-state index contributed by atoms with van der Waals surface area (Å²) in [5, 5.41) is 71.1. The van der Waals surface area contributed by atoms with Crippen LogP contribution in [0.1, 0.15) is 59.8 Å². The molecule has 414 valence electrons. The number of carbonyl (C=O) groups excluding carboxylic acids is 5. The fourth-order valence-corrected chi connectivity index (χ4v) is 8.79. The number of carboxylic acids is 6. The van der Waals surface area contributed by atoms with E-state index in [2.05, 4.69) is 0 Å². The predicted molar refractivity (Wildman–Crippen MR) is 250 cm³/mol. The zero-order valence-electron chi connectivity index (χ0n) is 41.3. The first-order valence-corrected chi connectivity index (χ1v) is 23.5. The molecule has 0 aromatic carbocycles. The van der Waals surface area contributed by atoms with Crippen molar-refractivity contribution in [1.82, 2.24) is 0 Å². The lowest BCUT2D eigenvalue weighted by molar-refractivity contribution is -0.160. The van der Waals surface area contributed by atoms with Crippen LogP contribution in [0.2, 0.25) is 0 Å². The van der Waals surface area contributed by atoms with Gasteiger partial charge in [-0.25, -0.2) is 0 Å². The van der Waals surface area contributed by atoms with Gasteiger partial charge < -0.3 is 69.3 Å². The molecule has 4 rings (SSSR count). The van der Waals surface area contributed by atoms with E-state index in [0.717, 1.165) is 0 Å². The van der Waals surface area contributed by atoms with Crippen LogP contribution >= 0.6 is 0 Å². The SMILES string of the molecule is CC1C=CC(CC(=O)O)C(C(=O)O)C1.CC1C=CC(CC(=O)O)C(C(=O)O)C1OC=O.CC1C=CC(CC(=O)OCCO)C(C(=O)O)C1OC=O.CC1C=CC(CC(=O)OCCOCCO)C(C(=O)O)C1OC=O. The largest absolute Gasteiger partial charge is 0.481 e. The Balaban J connectivity index is 0.000000501. The highest BCUT2D eigenvalue weighted by atomic mass is 16.6. The standard InChI is InChI=1S/C15H22O8.C13H18O7.C11H14O6.C10H14O4/c1-10-2-3-11(13(15(19)20)14(10)23-9-17)8-12(18)22-7-6-21-5-4-16;1-8-2-3-9(6-10(16)19-5-4-14)11(13(17)18)12(8)20-7-15;1-6-2-3-7(4-8(13)14)9(11(15)16)10(6)17-5-12;1-6-2-3-7(5-9(11)12)8(4-6)10(13)14/h2-3,9-11,13-14,16H,4-8H2,1H3,(H,19,20);2-3,7-9,11-12,14H,4-6H2,1H3,(H,17,18);2-3,5-7,9-10H,4H2,1H3,(H,13,14)(H,15,16);2-3,6-8H,4-5H2,1H3,(H,11,12)(H,13,14). The van der Waals surface area contributed by atoms with E-state index in [1.807, 2.05) is 13.0 Å². The van der Waals surface area contributed by atoms with Crippen molar-refractivity contribution in [1.29, 1.82) is 0 Å². The molecule has 74 heavy (non-hydrogen) atoms. The predicted octanol–water partition coefficient (Wildman–Crippen LogP) is 1.87. The molecule has 25 nitrogen and oxygen atoms in total. The molecule has 0 heterocycles. The van der Waals surface area contributed by atoms with Gasteiger partial charge in [-0.1, -0.05) is 76.3 Å². The van der Waals surface area contributed by atoms with Gasteiger partial charge in [0.25, 0.3) is 19.4 Å². The summed E-state index contributed by atoms with van der Waals surface area (Å²) >= 11 is 0. The van der Waals surface area contributed by atoms with E-state index >= 15 is 0 Å². The Bertz CT molecular complexity index is 1990. The highest BCUT2D eigenvalue weighted by molar-refractivity contribution is 5.77. The van der Waals surface area contributed by atoms with Gasteiger partial charge in [-0.2, -0.15) is 0 Å². The molecule has 4 aliphatic rings. The lowest BCUT2D eigenvalue weighted by Gasteiger charge is -2.34. The Kier molecular flexibility index (Phi) is 30.3. The number of allylic oxidation sites excluding steroid dienone is 5. The number of rotatable bonds is 25. The summed E-state index contributed by atoms with van der Waals surface area (Å²) in [4.78, 5) is 121. The highest BCUT2D eigenvalue weighted by Crippen LogP contribution is 2.36. The van der Waals surface area contributed by atoms with Crippen LogP contribution in [0.3, 0.4) is 0 Å². The second-order valence-electron chi connectivity index (χ2n) is 17.7. The molecule has 0 saturated heterocycles. The van der Waals surface area contributed by atoms with Crippen LogP contribution in [0.5, 0.6) is 0 Å². The lowest BCUT2D eigenvalue weighted by atomic mass is 9.75. The van der Waals surface area contributed by atoms with Crippen LogP contribution in [-0.2, 0) is 81.2 Å². The van der Waals surface area contributed by atoms with E-state index in [0.29, 0.717) is 6.42 Å². The molecule has 15 unspecified atom stereocenters. The summed E-state index contributed by atoms with van der Waals surface area (Å²) in [5.41, 5.74) is 0. The van der Waals surface area contributed by atoms with Crippen molar-refractivity contribution in [2.45, 2.75) is 78.1 Å². The topological polar surface area (TPSA) is 405 Å². The van der Waals surface area contributed by atoms with Crippen molar-refractivity contribution in [2.24, 2.45) is 71.0 Å². The minimum absolute atomic E-state index is 0.0255. The molecule has 8 N–H and O–H groups in total. The van der Waals surface area contributed by atoms with E-state index in [-0.39, 0.29) is 114 Å². The highest BCUT2D eigenvalue weighted by Gasteiger charge is 2.44. The van der Waals surface area contributed by atoms with E-state index in [1.165, 1.54) is 0 Å². The molecular formula is C49H68O25. The molecule has 0 saturated carbocycles. The van der Waals surface area contributed by atoms with E-state index < -0.39 is 107 Å². The van der Waals surface area contributed by atoms with Gasteiger partial charge in [-0.05, 0) is 12.3 Å². The fraction of sp³-hybridized carbons (Fsp3) is 0.612. The van der Waals surface area contributed by atoms with Crippen molar-refractivity contribution in [3.8, 4) is 0 Å². The summed E-state index contributed by atoms with van der Waals surface area (Å²) < 4.78 is 29.2. The van der Waals surface area contributed by atoms with Gasteiger partial charge >= 0.3 is 47.8 Å². The Labute approximate surface area is 425 Å². The summed E-state index contributed by atoms with van der Waals surface area (Å²) in [6, 6.07) is 0. The van der Waals surface area contributed by atoms with Crippen LogP contribution in [0, 0.1) is 71.0 Å². The minimum atomic E-state index is -1.15. The molecule has 0 aromatic heterocycles. The Morgan fingerprint density at radius 1 is 0.446 bits per heavy atom. The van der Waals surface area contributed by atoms with Gasteiger partial charge in [0.05, 0.1) is 58.0 Å². The van der Waals surface area contributed by atoms with Crippen LogP contribution in [0.25, 0.3) is 0 Å². The van der Waals surface area contributed by atoms with Crippen molar-refractivity contribution in [3.63, 3.8) is 0 Å². The third kappa shape index (κ3) is 22.4. The summed E-state index contributed by atoms with van der Waals surface area (Å²) in [7, 11) is 0. The second-order valence-corrected chi connectivity index (χ2v) is 17.7. The van der Waals surface area contributed by atoms with Gasteiger partial charge in [0, 0.05) is 41.4 Å². The molecule has 0 fully saturated rings. The molecule has 25 heteroatoms. The molecule has 0 bridgehead atoms. The second kappa shape index (κ2) is 34.4. The Hall–Kier alpha value is -6.99. The van der Waals surface area contributed by atoms with E-state index in [4.69, 9.17) is 59.1 Å². The van der Waals surface area contributed by atoms with Gasteiger partial charge in [-0.3, -0.25) is 52.7 Å². The molecule has 0 aromatic rings. The number of aliphatic hydroxyl groups excluding tert-OH is 2. The monoisotopic (exact) mass is 1060 g/mol. The summed E-state index contributed by atoms with van der Waals surface area (Å²) in [6.45, 7) is 7.59. The van der Waals surface area contributed by atoms with E-state index in [1.54, 1.807) is 63.3 Å². The van der Waals surface area contributed by atoms with Crippen molar-refractivity contribution >= 4 is 67.2 Å². The van der Waals surface area contributed by atoms with E-state index in [9.17, 15) is 63.0 Å². The smallest absolute Gasteiger partial charge is 0.310 e. The number of esters is 2. The maximum absolute atomic E-state index is 11.8. The van der Waals surface area contributed by atoms with Crippen LogP contribution in [0.4, 0.5) is 0 Å². The number of carbonyl (C=O) groups is 11. The molecule has 0 amide bonds. The van der Waals surface area contributed by atoms with Crippen molar-refractivity contribution < 1.29 is 122 Å². The quantitative estimate of drug-likeness (QED) is 0.0213. The summed E-state index contributed by atoms with van der Waals surface area (Å²) in [5.74, 6) is -13.8. The van der Waals surface area contributed by atoms with Crippen molar-refractivity contribution in [2.75, 3.05) is 39.6 Å². The lowest BCUT2D eigenvalue weighted by Crippen LogP contribution is -2.42. The molecule has 4 aliphatic carbocycles. The van der Waals surface area contributed by atoms with Crippen LogP contribution in [-0.4, -0.2) is 166 Å². The molecule has 0 aliphatic heterocycles. The Morgan fingerprint density at radius 2 is 0.797 bits per heavy atom. The number of ether oxygens (including phenoxy) is 6. The average Bonchev–Trinajstić information content (AvgIpc) is 3.32. The average molecular weight is 1060 g/mol. The van der Waals surface area contributed by atoms with Gasteiger partial charge in [0.15, 0.2) is 0 Å². The zero-order chi connectivity index (χ0) is 56.1. The Morgan fingerprint density at radius 3 is 1.14 bits per heavy atom. The number of hydrogen-bond donors (Lipinski definition) is 8. The molecular weight excluding hydrogens is 989 g/mol. The van der Waals surface area contributed by atoms with Crippen LogP contribution in [0.15, 0.2) is 48.6 Å². The third-order valence-corrected chi connectivity index (χ3v) is 12.3. The minimum Gasteiger partial charge on any atom is -0.481 e.